The molecule has 0 amide bonds. The van der Waals surface area contributed by atoms with Crippen LogP contribution >= 0.6 is 0 Å². The molecule has 3 rings (SSSR count). The summed E-state index contributed by atoms with van der Waals surface area (Å²) in [4.78, 5) is 17.8. The Morgan fingerprint density at radius 1 is 1.09 bits per heavy atom. The zero-order valence-corrected chi connectivity index (χ0v) is 12.8. The molecule has 6 nitrogen and oxygen atoms in total. The van der Waals surface area contributed by atoms with E-state index in [4.69, 9.17) is 5.26 Å². The fraction of sp³-hybridized carbons (Fsp3) is 0.375. The second-order valence-corrected chi connectivity index (χ2v) is 5.41. The molecule has 0 radical (unpaired) electrons. The third kappa shape index (κ3) is 2.84. The predicted molar refractivity (Wildman–Crippen MR) is 84.9 cm³/mol. The van der Waals surface area contributed by atoms with Crippen molar-refractivity contribution in [2.45, 2.75) is 13.8 Å². The average molecular weight is 294 g/mol. The van der Waals surface area contributed by atoms with E-state index in [1.807, 2.05) is 19.9 Å². The molecule has 0 N–H and O–H groups in total. The Morgan fingerprint density at radius 3 is 2.55 bits per heavy atom. The lowest BCUT2D eigenvalue weighted by atomic mass is 10.2. The van der Waals surface area contributed by atoms with Gasteiger partial charge in [-0.2, -0.15) is 5.26 Å². The van der Waals surface area contributed by atoms with E-state index in [1.54, 1.807) is 18.5 Å². The number of nitrogens with zero attached hydrogens (tertiary/aromatic N) is 6. The molecular weight excluding hydrogens is 276 g/mol. The van der Waals surface area contributed by atoms with E-state index >= 15 is 0 Å². The Morgan fingerprint density at radius 2 is 1.82 bits per heavy atom. The third-order valence-electron chi connectivity index (χ3n) is 3.83. The summed E-state index contributed by atoms with van der Waals surface area (Å²) >= 11 is 0. The van der Waals surface area contributed by atoms with E-state index in [-0.39, 0.29) is 0 Å². The minimum absolute atomic E-state index is 0.646. The van der Waals surface area contributed by atoms with Crippen molar-refractivity contribution in [2.75, 3.05) is 36.0 Å². The number of nitriles is 1. The van der Waals surface area contributed by atoms with E-state index in [2.05, 4.69) is 30.8 Å². The number of hydrogen-bond acceptors (Lipinski definition) is 6. The lowest BCUT2D eigenvalue weighted by Gasteiger charge is -2.36. The van der Waals surface area contributed by atoms with Crippen molar-refractivity contribution < 1.29 is 0 Å². The number of piperazine rings is 1. The van der Waals surface area contributed by atoms with Gasteiger partial charge in [-0.3, -0.25) is 4.98 Å². The summed E-state index contributed by atoms with van der Waals surface area (Å²) in [5.74, 6) is 1.84. The normalized spacial score (nSPS) is 14.8. The molecule has 6 heteroatoms. The van der Waals surface area contributed by atoms with E-state index in [0.717, 1.165) is 49.2 Å². The van der Waals surface area contributed by atoms with Crippen molar-refractivity contribution in [1.82, 2.24) is 15.0 Å². The molecule has 0 spiro atoms. The van der Waals surface area contributed by atoms with Crippen LogP contribution in [0, 0.1) is 25.2 Å². The maximum Gasteiger partial charge on any atom is 0.150 e. The molecule has 2 aromatic rings. The molecule has 112 valence electrons. The average Bonchev–Trinajstić information content (AvgIpc) is 2.57. The van der Waals surface area contributed by atoms with Gasteiger partial charge in [0.1, 0.15) is 11.6 Å². The van der Waals surface area contributed by atoms with Gasteiger partial charge in [0.15, 0.2) is 0 Å². The summed E-state index contributed by atoms with van der Waals surface area (Å²) < 4.78 is 0. The van der Waals surface area contributed by atoms with Gasteiger partial charge in [0, 0.05) is 38.6 Å². The van der Waals surface area contributed by atoms with Crippen LogP contribution in [0.15, 0.2) is 24.5 Å². The highest BCUT2D eigenvalue weighted by atomic mass is 15.3. The maximum atomic E-state index is 8.99. The lowest BCUT2D eigenvalue weighted by Crippen LogP contribution is -2.47. The monoisotopic (exact) mass is 294 g/mol. The Balaban J connectivity index is 1.72. The molecule has 1 saturated heterocycles. The molecule has 0 saturated carbocycles. The third-order valence-corrected chi connectivity index (χ3v) is 3.83. The van der Waals surface area contributed by atoms with Gasteiger partial charge < -0.3 is 9.80 Å². The van der Waals surface area contributed by atoms with Crippen molar-refractivity contribution >= 4 is 11.6 Å². The van der Waals surface area contributed by atoms with Crippen LogP contribution in [0.5, 0.6) is 0 Å². The van der Waals surface area contributed by atoms with Gasteiger partial charge in [-0.25, -0.2) is 9.97 Å². The first kappa shape index (κ1) is 14.3. The topological polar surface area (TPSA) is 68.9 Å². The molecule has 1 fully saturated rings. The van der Waals surface area contributed by atoms with Gasteiger partial charge in [-0.1, -0.05) is 0 Å². The summed E-state index contributed by atoms with van der Waals surface area (Å²) in [5, 5.41) is 8.99. The van der Waals surface area contributed by atoms with Gasteiger partial charge in [0.2, 0.25) is 0 Å². The number of anilines is 2. The predicted octanol–water partition coefficient (Wildman–Crippen LogP) is 1.69. The van der Waals surface area contributed by atoms with E-state index < -0.39 is 0 Å². The van der Waals surface area contributed by atoms with Crippen molar-refractivity contribution in [1.29, 1.82) is 5.26 Å². The first-order chi connectivity index (χ1) is 10.7. The van der Waals surface area contributed by atoms with Gasteiger partial charge >= 0.3 is 0 Å². The summed E-state index contributed by atoms with van der Waals surface area (Å²) in [6.45, 7) is 7.42. The second kappa shape index (κ2) is 5.98. The van der Waals surface area contributed by atoms with Crippen LogP contribution in [0.25, 0.3) is 0 Å². The first-order valence-corrected chi connectivity index (χ1v) is 7.33. The van der Waals surface area contributed by atoms with Crippen molar-refractivity contribution in [3.63, 3.8) is 0 Å². The Kier molecular flexibility index (Phi) is 3.88. The molecule has 0 atom stereocenters. The minimum atomic E-state index is 0.646. The molecule has 0 unspecified atom stereocenters. The largest absolute Gasteiger partial charge is 0.353 e. The lowest BCUT2D eigenvalue weighted by molar-refractivity contribution is 0.638. The Hall–Kier alpha value is -2.68. The van der Waals surface area contributed by atoms with Crippen LogP contribution in [-0.4, -0.2) is 41.1 Å². The van der Waals surface area contributed by atoms with Crippen LogP contribution in [0.4, 0.5) is 11.6 Å². The van der Waals surface area contributed by atoms with Crippen LogP contribution in [-0.2, 0) is 0 Å². The summed E-state index contributed by atoms with van der Waals surface area (Å²) in [5.41, 5.74) is 2.54. The van der Waals surface area contributed by atoms with Crippen molar-refractivity contribution in [3.05, 3.63) is 41.5 Å². The van der Waals surface area contributed by atoms with Crippen LogP contribution < -0.4 is 9.80 Å². The number of aromatic nitrogens is 3. The SMILES string of the molecule is Cc1cnc(C)c(N2CCN(c3cc(C#N)ccn3)CC2)n1. The fourth-order valence-electron chi connectivity index (χ4n) is 2.63. The smallest absolute Gasteiger partial charge is 0.150 e. The van der Waals surface area contributed by atoms with E-state index in [9.17, 15) is 0 Å². The first-order valence-electron chi connectivity index (χ1n) is 7.33. The second-order valence-electron chi connectivity index (χ2n) is 5.41. The zero-order valence-electron chi connectivity index (χ0n) is 12.8. The molecule has 0 aliphatic carbocycles. The van der Waals surface area contributed by atoms with Crippen LogP contribution in [0.1, 0.15) is 17.0 Å². The highest BCUT2D eigenvalue weighted by molar-refractivity contribution is 5.49. The Bertz CT molecular complexity index is 713. The molecule has 3 heterocycles. The molecule has 0 bridgehead atoms. The molecule has 0 aromatic carbocycles. The standard InChI is InChI=1S/C16H18N6/c1-12-11-19-13(2)16(20-12)22-7-5-21(6-8-22)15-9-14(10-17)3-4-18-15/h3-4,9,11H,5-8H2,1-2H3. The quantitative estimate of drug-likeness (QED) is 0.839. The molecule has 22 heavy (non-hydrogen) atoms. The molecule has 1 aliphatic heterocycles. The number of pyridine rings is 1. The van der Waals surface area contributed by atoms with Gasteiger partial charge in [-0.15, -0.1) is 0 Å². The van der Waals surface area contributed by atoms with Gasteiger partial charge in [-0.05, 0) is 26.0 Å². The summed E-state index contributed by atoms with van der Waals surface area (Å²) in [7, 11) is 0. The fourth-order valence-corrected chi connectivity index (χ4v) is 2.63. The van der Waals surface area contributed by atoms with Crippen molar-refractivity contribution in [2.24, 2.45) is 0 Å². The number of rotatable bonds is 2. The minimum Gasteiger partial charge on any atom is -0.353 e. The molecular formula is C16H18N6. The van der Waals surface area contributed by atoms with Crippen LogP contribution in [0.3, 0.4) is 0 Å². The summed E-state index contributed by atoms with van der Waals surface area (Å²) in [6.07, 6.45) is 3.49. The number of aryl methyl sites for hydroxylation is 2. The molecule has 2 aromatic heterocycles. The van der Waals surface area contributed by atoms with Crippen LogP contribution in [0.2, 0.25) is 0 Å². The summed E-state index contributed by atoms with van der Waals surface area (Å²) in [6, 6.07) is 5.73. The van der Waals surface area contributed by atoms with E-state index in [1.165, 1.54) is 0 Å². The van der Waals surface area contributed by atoms with Gasteiger partial charge in [0.25, 0.3) is 0 Å². The highest BCUT2D eigenvalue weighted by Gasteiger charge is 2.21. The maximum absolute atomic E-state index is 8.99. The van der Waals surface area contributed by atoms with Crippen molar-refractivity contribution in [3.8, 4) is 6.07 Å². The zero-order chi connectivity index (χ0) is 15.5. The highest BCUT2D eigenvalue weighted by Crippen LogP contribution is 2.20. The van der Waals surface area contributed by atoms with Gasteiger partial charge in [0.05, 0.1) is 23.0 Å². The number of hydrogen-bond donors (Lipinski definition) is 0. The van der Waals surface area contributed by atoms with E-state index in [0.29, 0.717) is 5.56 Å². The molecule has 1 aliphatic rings. The Labute approximate surface area is 130 Å².